The summed E-state index contributed by atoms with van der Waals surface area (Å²) in [6.45, 7) is 3.09. The number of primary sulfonamides is 1. The molecule has 2 N–H and O–H groups in total. The van der Waals surface area contributed by atoms with Gasteiger partial charge in [0.25, 0.3) is 0 Å². The van der Waals surface area contributed by atoms with Crippen LogP contribution in [0.1, 0.15) is 41.4 Å². The smallest absolute Gasteiger partial charge is 0.210 e. The lowest BCUT2D eigenvalue weighted by Gasteiger charge is -2.10. The van der Waals surface area contributed by atoms with Crippen molar-refractivity contribution in [1.29, 1.82) is 0 Å². The summed E-state index contributed by atoms with van der Waals surface area (Å²) in [7, 11) is -3.68. The van der Waals surface area contributed by atoms with E-state index >= 15 is 0 Å². The molecular formula is C21H25FN6O3S. The van der Waals surface area contributed by atoms with Crippen LogP contribution in [0.15, 0.2) is 18.2 Å². The number of aryl methyl sites for hydroxylation is 2. The van der Waals surface area contributed by atoms with E-state index in [1.807, 2.05) is 13.0 Å². The van der Waals surface area contributed by atoms with Gasteiger partial charge < -0.3 is 4.74 Å². The molecule has 0 saturated carbocycles. The molecular weight excluding hydrogens is 435 g/mol. The molecule has 11 heteroatoms. The number of fused-ring (bicyclic) bond motifs is 1. The average Bonchev–Trinajstić information content (AvgIpc) is 3.50. The third-order valence-corrected chi connectivity index (χ3v) is 6.86. The van der Waals surface area contributed by atoms with Crippen LogP contribution in [0.2, 0.25) is 0 Å². The van der Waals surface area contributed by atoms with Crippen LogP contribution in [0.25, 0.3) is 17.2 Å². The zero-order chi connectivity index (χ0) is 22.5. The Bertz CT molecular complexity index is 1260. The van der Waals surface area contributed by atoms with Gasteiger partial charge in [0.2, 0.25) is 10.0 Å². The van der Waals surface area contributed by atoms with Crippen LogP contribution >= 0.6 is 0 Å². The van der Waals surface area contributed by atoms with Crippen LogP contribution in [-0.4, -0.2) is 51.9 Å². The van der Waals surface area contributed by atoms with Gasteiger partial charge in [-0.1, -0.05) is 12.1 Å². The first-order valence-corrected chi connectivity index (χ1v) is 12.4. The lowest BCUT2D eigenvalue weighted by molar-refractivity contribution is 0.193. The lowest BCUT2D eigenvalue weighted by atomic mass is 10.1. The van der Waals surface area contributed by atoms with E-state index in [4.69, 9.17) is 20.0 Å². The minimum atomic E-state index is -3.68. The predicted molar refractivity (Wildman–Crippen MR) is 115 cm³/mol. The van der Waals surface area contributed by atoms with Crippen molar-refractivity contribution in [1.82, 2.24) is 24.5 Å². The van der Waals surface area contributed by atoms with Gasteiger partial charge in [0.05, 0.1) is 18.9 Å². The number of nitrogens with zero attached hydrogens (tertiary/aromatic N) is 5. The number of ether oxygens (including phenoxy) is 1. The van der Waals surface area contributed by atoms with E-state index in [9.17, 15) is 12.8 Å². The van der Waals surface area contributed by atoms with Crippen molar-refractivity contribution in [2.24, 2.45) is 5.14 Å². The van der Waals surface area contributed by atoms with Crippen LogP contribution < -0.4 is 5.14 Å². The zero-order valence-corrected chi connectivity index (χ0v) is 18.6. The van der Waals surface area contributed by atoms with Crippen LogP contribution in [0.4, 0.5) is 4.39 Å². The molecule has 1 aliphatic carbocycles. The Morgan fingerprint density at radius 3 is 2.84 bits per heavy atom. The fourth-order valence-corrected chi connectivity index (χ4v) is 4.94. The maximum absolute atomic E-state index is 14.8. The zero-order valence-electron chi connectivity index (χ0n) is 17.8. The van der Waals surface area contributed by atoms with Gasteiger partial charge in [-0.25, -0.2) is 32.3 Å². The molecule has 170 valence electrons. The highest BCUT2D eigenvalue weighted by atomic mass is 32.2. The first-order chi connectivity index (χ1) is 15.3. The van der Waals surface area contributed by atoms with Gasteiger partial charge in [0.15, 0.2) is 11.6 Å². The number of halogens is 1. The number of hydrogen-bond acceptors (Lipinski definition) is 6. The van der Waals surface area contributed by atoms with Gasteiger partial charge in [0, 0.05) is 23.8 Å². The van der Waals surface area contributed by atoms with Gasteiger partial charge >= 0.3 is 0 Å². The number of aromatic nitrogens is 5. The molecule has 0 radical (unpaired) electrons. The van der Waals surface area contributed by atoms with Crippen LogP contribution in [0.5, 0.6) is 0 Å². The van der Waals surface area contributed by atoms with E-state index in [0.29, 0.717) is 36.2 Å². The average molecular weight is 461 g/mol. The molecule has 3 aromatic rings. The fourth-order valence-electron chi connectivity index (χ4n) is 4.51. The van der Waals surface area contributed by atoms with Crippen LogP contribution in [0, 0.1) is 12.7 Å². The van der Waals surface area contributed by atoms with Crippen molar-refractivity contribution in [3.63, 3.8) is 0 Å². The van der Waals surface area contributed by atoms with Crippen molar-refractivity contribution in [2.45, 2.75) is 45.1 Å². The number of para-hydroxylation sites is 1. The molecule has 2 aromatic heterocycles. The highest BCUT2D eigenvalue weighted by Gasteiger charge is 2.31. The number of rotatable bonds is 6. The molecule has 3 heterocycles. The summed E-state index contributed by atoms with van der Waals surface area (Å²) in [5, 5.41) is 14.6. The normalized spacial score (nSPS) is 18.4. The second-order valence-corrected chi connectivity index (χ2v) is 10.1. The Morgan fingerprint density at radius 1 is 1.28 bits per heavy atom. The topological polar surface area (TPSA) is 118 Å². The highest BCUT2D eigenvalue weighted by Crippen LogP contribution is 2.35. The van der Waals surface area contributed by atoms with E-state index in [2.05, 4.69) is 5.10 Å². The number of hydrogen-bond donors (Lipinski definition) is 1. The summed E-state index contributed by atoms with van der Waals surface area (Å²) >= 11 is 0. The summed E-state index contributed by atoms with van der Waals surface area (Å²) in [4.78, 5) is 4.76. The lowest BCUT2D eigenvalue weighted by Crippen LogP contribution is -2.21. The van der Waals surface area contributed by atoms with Gasteiger partial charge in [-0.15, -0.1) is 0 Å². The Morgan fingerprint density at radius 2 is 2.12 bits per heavy atom. The number of sulfonamides is 1. The summed E-state index contributed by atoms with van der Waals surface area (Å²) in [5.74, 6) is 0.539. The summed E-state index contributed by atoms with van der Waals surface area (Å²) in [6, 6.07) is 4.96. The summed E-state index contributed by atoms with van der Waals surface area (Å²) < 4.78 is 46.7. The molecule has 9 nitrogen and oxygen atoms in total. The minimum absolute atomic E-state index is 0.0495. The largest absolute Gasteiger partial charge is 0.381 e. The third kappa shape index (κ3) is 3.84. The second-order valence-electron chi connectivity index (χ2n) is 8.39. The molecule has 1 fully saturated rings. The third-order valence-electron chi connectivity index (χ3n) is 6.11. The van der Waals surface area contributed by atoms with Gasteiger partial charge in [-0.3, -0.25) is 0 Å². The molecule has 1 unspecified atom stereocenters. The highest BCUT2D eigenvalue weighted by molar-refractivity contribution is 7.89. The van der Waals surface area contributed by atoms with Crippen molar-refractivity contribution in [3.8, 4) is 17.2 Å². The van der Waals surface area contributed by atoms with E-state index in [-0.39, 0.29) is 24.0 Å². The maximum Gasteiger partial charge on any atom is 0.210 e. The van der Waals surface area contributed by atoms with Crippen molar-refractivity contribution in [3.05, 3.63) is 46.7 Å². The quantitative estimate of drug-likeness (QED) is 0.600. The molecule has 1 atom stereocenters. The summed E-state index contributed by atoms with van der Waals surface area (Å²) in [6.07, 6.45) is 3.31. The standard InChI is InChI=1S/C21H25FN6O3S/c1-13-4-2-6-16(22)19(13)28-17-7-3-5-15(17)18(25-28)21-24-20(14-8-10-31-12-14)26-27(21)9-11-32(23,29)30/h2,4,6,14H,3,5,7-12H2,1H3,(H2,23,29,30). The molecule has 2 aliphatic rings. The molecule has 5 rings (SSSR count). The van der Waals surface area contributed by atoms with Gasteiger partial charge in [-0.2, -0.15) is 10.2 Å². The van der Waals surface area contributed by atoms with E-state index in [1.165, 1.54) is 6.07 Å². The fraction of sp³-hybridized carbons (Fsp3) is 0.476. The molecule has 1 saturated heterocycles. The second kappa shape index (κ2) is 8.05. The molecule has 1 aromatic carbocycles. The van der Waals surface area contributed by atoms with Crippen LogP contribution in [-0.2, 0) is 34.1 Å². The molecule has 32 heavy (non-hydrogen) atoms. The Balaban J connectivity index is 1.64. The van der Waals surface area contributed by atoms with Gasteiger partial charge in [0.1, 0.15) is 17.2 Å². The molecule has 1 aliphatic heterocycles. The van der Waals surface area contributed by atoms with Gasteiger partial charge in [-0.05, 0) is 44.2 Å². The van der Waals surface area contributed by atoms with E-state index < -0.39 is 10.0 Å². The molecule has 0 bridgehead atoms. The Kier molecular flexibility index (Phi) is 5.34. The monoisotopic (exact) mass is 460 g/mol. The number of benzene rings is 1. The van der Waals surface area contributed by atoms with Crippen molar-refractivity contribution in [2.75, 3.05) is 19.0 Å². The van der Waals surface area contributed by atoms with E-state index in [1.54, 1.807) is 15.4 Å². The Labute approximate surface area is 185 Å². The van der Waals surface area contributed by atoms with Crippen molar-refractivity contribution >= 4 is 10.0 Å². The SMILES string of the molecule is Cc1cccc(F)c1-n1nc(-c2nc(C3CCOC3)nn2CCS(N)(=O)=O)c2c1CCC2. The summed E-state index contributed by atoms with van der Waals surface area (Å²) in [5.41, 5.74) is 3.79. The Hall–Kier alpha value is -2.63. The van der Waals surface area contributed by atoms with Crippen molar-refractivity contribution < 1.29 is 17.5 Å². The maximum atomic E-state index is 14.8. The minimum Gasteiger partial charge on any atom is -0.381 e. The van der Waals surface area contributed by atoms with Crippen LogP contribution in [0.3, 0.4) is 0 Å². The van der Waals surface area contributed by atoms with E-state index in [0.717, 1.165) is 42.5 Å². The number of nitrogens with two attached hydrogens (primary N) is 1. The first kappa shape index (κ1) is 21.2. The first-order valence-electron chi connectivity index (χ1n) is 10.7. The molecule has 0 spiro atoms. The predicted octanol–water partition coefficient (Wildman–Crippen LogP) is 1.86. The molecule has 0 amide bonds.